The summed E-state index contributed by atoms with van der Waals surface area (Å²) in [7, 11) is 0. The molecule has 0 heterocycles. The predicted molar refractivity (Wildman–Crippen MR) is 91.6 cm³/mol. The van der Waals surface area contributed by atoms with Crippen LogP contribution < -0.4 is 0 Å². The highest BCUT2D eigenvalue weighted by molar-refractivity contribution is 5.88. The Morgan fingerprint density at radius 1 is 1.45 bits per heavy atom. The van der Waals surface area contributed by atoms with Crippen molar-refractivity contribution in [2.75, 3.05) is 0 Å². The van der Waals surface area contributed by atoms with E-state index in [4.69, 9.17) is 0 Å². The van der Waals surface area contributed by atoms with Gasteiger partial charge in [-0.2, -0.15) is 0 Å². The van der Waals surface area contributed by atoms with Crippen molar-refractivity contribution < 1.29 is 9.90 Å². The predicted octanol–water partition coefficient (Wildman–Crippen LogP) is 5.37. The molecule has 1 saturated carbocycles. The number of fused-ring (bicyclic) bond motifs is 1. The van der Waals surface area contributed by atoms with E-state index in [0.29, 0.717) is 17.4 Å². The van der Waals surface area contributed by atoms with E-state index in [-0.39, 0.29) is 10.8 Å². The maximum absolute atomic E-state index is 11.7. The number of carboxylic acid groups (broad SMARTS) is 1. The van der Waals surface area contributed by atoms with E-state index in [2.05, 4.69) is 33.9 Å². The van der Waals surface area contributed by atoms with Gasteiger partial charge in [0.25, 0.3) is 0 Å². The highest BCUT2D eigenvalue weighted by atomic mass is 16.4. The van der Waals surface area contributed by atoms with Crippen LogP contribution in [0.5, 0.6) is 0 Å². The van der Waals surface area contributed by atoms with Crippen molar-refractivity contribution in [3.05, 3.63) is 36.5 Å². The van der Waals surface area contributed by atoms with Crippen LogP contribution in [-0.2, 0) is 4.79 Å². The number of hydrogen-bond donors (Lipinski definition) is 1. The highest BCUT2D eigenvalue weighted by Gasteiger charge is 2.55. The molecule has 22 heavy (non-hydrogen) atoms. The lowest BCUT2D eigenvalue weighted by Gasteiger charge is -2.57. The summed E-state index contributed by atoms with van der Waals surface area (Å²) in [6, 6.07) is 0. The minimum absolute atomic E-state index is 0.175. The first-order valence-corrected chi connectivity index (χ1v) is 8.50. The number of hydrogen-bond acceptors (Lipinski definition) is 1. The maximum atomic E-state index is 11.7. The highest BCUT2D eigenvalue weighted by Crippen LogP contribution is 2.62. The Hall–Kier alpha value is -1.31. The fourth-order valence-electron chi connectivity index (χ4n) is 4.97. The summed E-state index contributed by atoms with van der Waals surface area (Å²) in [5, 5.41) is 9.64. The monoisotopic (exact) mass is 302 g/mol. The largest absolute Gasteiger partial charge is 0.478 e. The number of allylic oxidation sites excluding steroid dienone is 3. The van der Waals surface area contributed by atoms with Gasteiger partial charge < -0.3 is 5.11 Å². The van der Waals surface area contributed by atoms with E-state index in [1.165, 1.54) is 0 Å². The van der Waals surface area contributed by atoms with Gasteiger partial charge in [0.05, 0.1) is 0 Å². The normalized spacial score (nSPS) is 37.9. The van der Waals surface area contributed by atoms with Gasteiger partial charge in [-0.05, 0) is 55.8 Å². The maximum Gasteiger partial charge on any atom is 0.331 e. The summed E-state index contributed by atoms with van der Waals surface area (Å²) in [5.41, 5.74) is 1.74. The second-order valence-electron chi connectivity index (χ2n) is 7.78. The lowest BCUT2D eigenvalue weighted by atomic mass is 9.46. The molecular formula is C20H30O2. The van der Waals surface area contributed by atoms with Crippen LogP contribution in [0.3, 0.4) is 0 Å². The van der Waals surface area contributed by atoms with Crippen LogP contribution in [0.2, 0.25) is 0 Å². The first-order valence-electron chi connectivity index (χ1n) is 8.50. The van der Waals surface area contributed by atoms with Crippen LogP contribution in [0.25, 0.3) is 0 Å². The van der Waals surface area contributed by atoms with Gasteiger partial charge >= 0.3 is 5.97 Å². The summed E-state index contributed by atoms with van der Waals surface area (Å²) in [5.74, 6) is 0.341. The summed E-state index contributed by atoms with van der Waals surface area (Å²) in [6.07, 6.45) is 9.96. The van der Waals surface area contributed by atoms with Crippen molar-refractivity contribution in [2.24, 2.45) is 22.7 Å². The van der Waals surface area contributed by atoms with Gasteiger partial charge in [0.1, 0.15) is 0 Å². The van der Waals surface area contributed by atoms with Gasteiger partial charge in [0, 0.05) is 11.0 Å². The quantitative estimate of drug-likeness (QED) is 0.693. The zero-order valence-corrected chi connectivity index (χ0v) is 14.3. The van der Waals surface area contributed by atoms with Crippen molar-refractivity contribution in [2.45, 2.75) is 59.3 Å². The SMILES string of the molecule is C=CC(=C)CCC1(C)C(C)CCC2(C)C(C(=O)O)=CCCC21. The van der Waals surface area contributed by atoms with Crippen LogP contribution in [0, 0.1) is 22.7 Å². The first-order chi connectivity index (χ1) is 10.3. The molecule has 1 N–H and O–H groups in total. The molecule has 0 aromatic rings. The van der Waals surface area contributed by atoms with E-state index >= 15 is 0 Å². The minimum Gasteiger partial charge on any atom is -0.478 e. The molecule has 4 unspecified atom stereocenters. The van der Waals surface area contributed by atoms with Gasteiger partial charge in [-0.15, -0.1) is 0 Å². The molecule has 1 fully saturated rings. The second-order valence-corrected chi connectivity index (χ2v) is 7.78. The van der Waals surface area contributed by atoms with Gasteiger partial charge in [-0.3, -0.25) is 0 Å². The average Bonchev–Trinajstić information content (AvgIpc) is 2.48. The summed E-state index contributed by atoms with van der Waals surface area (Å²) in [4.78, 5) is 11.7. The molecule has 2 aliphatic carbocycles. The molecule has 2 heteroatoms. The van der Waals surface area contributed by atoms with Crippen LogP contribution in [0.15, 0.2) is 36.5 Å². The third-order valence-electron chi connectivity index (χ3n) is 6.71. The third kappa shape index (κ3) is 2.68. The molecule has 0 aliphatic heterocycles. The Kier molecular flexibility index (Phi) is 4.70. The Morgan fingerprint density at radius 3 is 2.73 bits per heavy atom. The number of aliphatic carboxylic acids is 1. The molecule has 0 spiro atoms. The van der Waals surface area contributed by atoms with Gasteiger partial charge in [-0.1, -0.05) is 51.7 Å². The van der Waals surface area contributed by atoms with Gasteiger partial charge in [0.2, 0.25) is 0 Å². The van der Waals surface area contributed by atoms with E-state index < -0.39 is 5.97 Å². The molecule has 0 radical (unpaired) electrons. The zero-order valence-electron chi connectivity index (χ0n) is 14.3. The first kappa shape index (κ1) is 17.1. The third-order valence-corrected chi connectivity index (χ3v) is 6.71. The Labute approximate surface area is 135 Å². The molecule has 0 amide bonds. The standard InChI is InChI=1S/C20H30O2/c1-6-14(2)10-12-19(4)15(3)11-13-20(5)16(18(21)22)8-7-9-17(19)20/h6,8,15,17H,1-2,7,9-13H2,3-5H3,(H,21,22). The Morgan fingerprint density at radius 2 is 2.14 bits per heavy atom. The lowest BCUT2D eigenvalue weighted by molar-refractivity contribution is -0.137. The molecule has 0 saturated heterocycles. The van der Waals surface area contributed by atoms with Crippen molar-refractivity contribution in [1.29, 1.82) is 0 Å². The van der Waals surface area contributed by atoms with Crippen LogP contribution >= 0.6 is 0 Å². The van der Waals surface area contributed by atoms with Crippen molar-refractivity contribution >= 4 is 5.97 Å². The molecule has 0 aromatic carbocycles. The molecule has 4 atom stereocenters. The minimum atomic E-state index is -0.723. The van der Waals surface area contributed by atoms with E-state index in [0.717, 1.165) is 44.1 Å². The number of carbonyl (C=O) groups is 1. The molecular weight excluding hydrogens is 272 g/mol. The Balaban J connectivity index is 2.34. The fraction of sp³-hybridized carbons (Fsp3) is 0.650. The van der Waals surface area contributed by atoms with Crippen molar-refractivity contribution in [3.8, 4) is 0 Å². The summed E-state index contributed by atoms with van der Waals surface area (Å²) in [6.45, 7) is 14.8. The van der Waals surface area contributed by atoms with Crippen LogP contribution in [0.4, 0.5) is 0 Å². The Bertz CT molecular complexity index is 516. The lowest BCUT2D eigenvalue weighted by Crippen LogP contribution is -2.51. The van der Waals surface area contributed by atoms with E-state index in [9.17, 15) is 9.90 Å². The van der Waals surface area contributed by atoms with E-state index in [1.54, 1.807) is 0 Å². The number of carboxylic acids is 1. The topological polar surface area (TPSA) is 37.3 Å². The molecule has 2 rings (SSSR count). The van der Waals surface area contributed by atoms with Gasteiger partial charge in [-0.25, -0.2) is 4.79 Å². The van der Waals surface area contributed by atoms with Crippen molar-refractivity contribution in [3.63, 3.8) is 0 Å². The second kappa shape index (κ2) is 6.06. The molecule has 2 aliphatic rings. The molecule has 0 bridgehead atoms. The van der Waals surface area contributed by atoms with Gasteiger partial charge in [0.15, 0.2) is 0 Å². The van der Waals surface area contributed by atoms with Crippen molar-refractivity contribution in [1.82, 2.24) is 0 Å². The number of rotatable bonds is 5. The molecule has 0 aromatic heterocycles. The molecule has 122 valence electrons. The van der Waals surface area contributed by atoms with Crippen LogP contribution in [-0.4, -0.2) is 11.1 Å². The summed E-state index contributed by atoms with van der Waals surface area (Å²) >= 11 is 0. The van der Waals surface area contributed by atoms with Crippen LogP contribution in [0.1, 0.15) is 59.3 Å². The fourth-order valence-corrected chi connectivity index (χ4v) is 4.97. The zero-order chi connectivity index (χ0) is 16.5. The van der Waals surface area contributed by atoms with E-state index in [1.807, 2.05) is 12.2 Å². The average molecular weight is 302 g/mol. The molecule has 2 nitrogen and oxygen atoms in total. The smallest absolute Gasteiger partial charge is 0.331 e. The summed E-state index contributed by atoms with van der Waals surface area (Å²) < 4.78 is 0.